The van der Waals surface area contributed by atoms with Crippen LogP contribution in [0, 0.1) is 0 Å². The van der Waals surface area contributed by atoms with Gasteiger partial charge in [-0.05, 0) is 26.8 Å². The second-order valence-corrected chi connectivity index (χ2v) is 3.43. The molecule has 1 heterocycles. The van der Waals surface area contributed by atoms with E-state index in [-0.39, 0.29) is 0 Å². The molecular weight excluding hydrogens is 174 g/mol. The SMILES string of the molecule is CCn1ccnc1CC(C)=CCCN. The number of aromatic nitrogens is 2. The van der Waals surface area contributed by atoms with Crippen molar-refractivity contribution in [2.45, 2.75) is 33.2 Å². The lowest BCUT2D eigenvalue weighted by Crippen LogP contribution is -2.02. The van der Waals surface area contributed by atoms with Gasteiger partial charge in [-0.3, -0.25) is 0 Å². The molecule has 0 spiro atoms. The molecule has 0 unspecified atom stereocenters. The van der Waals surface area contributed by atoms with Crippen molar-refractivity contribution in [1.29, 1.82) is 0 Å². The van der Waals surface area contributed by atoms with Crippen LogP contribution in [0.3, 0.4) is 0 Å². The highest BCUT2D eigenvalue weighted by Crippen LogP contribution is 2.06. The van der Waals surface area contributed by atoms with Crippen LogP contribution in [0.5, 0.6) is 0 Å². The number of allylic oxidation sites excluding steroid dienone is 1. The van der Waals surface area contributed by atoms with Crippen LogP contribution < -0.4 is 5.73 Å². The molecule has 0 atom stereocenters. The number of hydrogen-bond acceptors (Lipinski definition) is 2. The Kier molecular flexibility index (Phi) is 4.40. The first kappa shape index (κ1) is 11.0. The first-order chi connectivity index (χ1) is 6.77. The molecule has 0 radical (unpaired) electrons. The Bertz CT molecular complexity index is 299. The molecule has 1 aromatic heterocycles. The molecule has 0 saturated carbocycles. The second-order valence-electron chi connectivity index (χ2n) is 3.43. The van der Waals surface area contributed by atoms with Gasteiger partial charge < -0.3 is 10.3 Å². The molecule has 3 heteroatoms. The topological polar surface area (TPSA) is 43.8 Å². The van der Waals surface area contributed by atoms with Crippen LogP contribution in [0.1, 0.15) is 26.1 Å². The summed E-state index contributed by atoms with van der Waals surface area (Å²) in [5.41, 5.74) is 6.78. The molecule has 0 aromatic carbocycles. The lowest BCUT2D eigenvalue weighted by Gasteiger charge is -2.04. The van der Waals surface area contributed by atoms with Crippen molar-refractivity contribution in [1.82, 2.24) is 9.55 Å². The van der Waals surface area contributed by atoms with Gasteiger partial charge in [0.25, 0.3) is 0 Å². The minimum Gasteiger partial charge on any atom is -0.335 e. The van der Waals surface area contributed by atoms with Crippen LogP contribution in [0.15, 0.2) is 24.0 Å². The van der Waals surface area contributed by atoms with Crippen LogP contribution in [-0.4, -0.2) is 16.1 Å². The zero-order valence-electron chi connectivity index (χ0n) is 9.03. The summed E-state index contributed by atoms with van der Waals surface area (Å²) in [4.78, 5) is 4.33. The highest BCUT2D eigenvalue weighted by Gasteiger charge is 2.00. The zero-order valence-corrected chi connectivity index (χ0v) is 9.03. The fourth-order valence-electron chi connectivity index (χ4n) is 1.45. The molecule has 0 bridgehead atoms. The highest BCUT2D eigenvalue weighted by molar-refractivity contribution is 5.08. The molecule has 14 heavy (non-hydrogen) atoms. The number of nitrogens with two attached hydrogens (primary N) is 1. The summed E-state index contributed by atoms with van der Waals surface area (Å²) in [6, 6.07) is 0. The summed E-state index contributed by atoms with van der Waals surface area (Å²) < 4.78 is 2.17. The standard InChI is InChI=1S/C11H19N3/c1-3-14-8-7-13-11(14)9-10(2)5-4-6-12/h5,7-8H,3-4,6,9,12H2,1-2H3. The maximum absolute atomic E-state index is 5.44. The van der Waals surface area contributed by atoms with E-state index in [0.29, 0.717) is 0 Å². The van der Waals surface area contributed by atoms with Gasteiger partial charge in [0, 0.05) is 25.4 Å². The fourth-order valence-corrected chi connectivity index (χ4v) is 1.45. The molecule has 0 aliphatic carbocycles. The molecule has 0 amide bonds. The van der Waals surface area contributed by atoms with Crippen molar-refractivity contribution in [3.8, 4) is 0 Å². The van der Waals surface area contributed by atoms with Gasteiger partial charge in [0.1, 0.15) is 5.82 Å². The normalized spacial score (nSPS) is 12.1. The molecule has 3 nitrogen and oxygen atoms in total. The maximum atomic E-state index is 5.44. The first-order valence-corrected chi connectivity index (χ1v) is 5.13. The summed E-state index contributed by atoms with van der Waals surface area (Å²) in [7, 11) is 0. The molecule has 2 N–H and O–H groups in total. The van der Waals surface area contributed by atoms with Crippen molar-refractivity contribution < 1.29 is 0 Å². The number of hydrogen-bond donors (Lipinski definition) is 1. The Morgan fingerprint density at radius 2 is 2.43 bits per heavy atom. The maximum Gasteiger partial charge on any atom is 0.112 e. The van der Waals surface area contributed by atoms with Gasteiger partial charge >= 0.3 is 0 Å². The number of aryl methyl sites for hydroxylation is 1. The van der Waals surface area contributed by atoms with Crippen molar-refractivity contribution in [2.24, 2.45) is 5.73 Å². The second kappa shape index (κ2) is 5.60. The third-order valence-electron chi connectivity index (χ3n) is 2.24. The van der Waals surface area contributed by atoms with Crippen LogP contribution in [0.25, 0.3) is 0 Å². The minimum absolute atomic E-state index is 0.722. The lowest BCUT2D eigenvalue weighted by molar-refractivity contribution is 0.709. The minimum atomic E-state index is 0.722. The number of imidazole rings is 1. The van der Waals surface area contributed by atoms with E-state index in [0.717, 1.165) is 31.8 Å². The van der Waals surface area contributed by atoms with Crippen LogP contribution in [0.4, 0.5) is 0 Å². The van der Waals surface area contributed by atoms with Crippen molar-refractivity contribution in [3.63, 3.8) is 0 Å². The monoisotopic (exact) mass is 193 g/mol. The fraction of sp³-hybridized carbons (Fsp3) is 0.545. The highest BCUT2D eigenvalue weighted by atomic mass is 15.0. The Morgan fingerprint density at radius 3 is 3.07 bits per heavy atom. The van der Waals surface area contributed by atoms with E-state index < -0.39 is 0 Å². The van der Waals surface area contributed by atoms with Gasteiger partial charge in [-0.25, -0.2) is 4.98 Å². The Balaban J connectivity index is 2.59. The molecule has 0 aliphatic heterocycles. The molecule has 78 valence electrons. The molecule has 1 aromatic rings. The average molecular weight is 193 g/mol. The van der Waals surface area contributed by atoms with E-state index in [1.807, 2.05) is 12.4 Å². The Labute approximate surface area is 85.6 Å². The zero-order chi connectivity index (χ0) is 10.4. The molecule has 0 aliphatic rings. The van der Waals surface area contributed by atoms with Crippen LogP contribution in [0.2, 0.25) is 0 Å². The quantitative estimate of drug-likeness (QED) is 0.724. The van der Waals surface area contributed by atoms with E-state index in [9.17, 15) is 0 Å². The average Bonchev–Trinajstić information content (AvgIpc) is 2.62. The van der Waals surface area contributed by atoms with Gasteiger partial charge in [-0.2, -0.15) is 0 Å². The lowest BCUT2D eigenvalue weighted by atomic mass is 10.1. The summed E-state index contributed by atoms with van der Waals surface area (Å²) in [6.45, 7) is 5.97. The predicted molar refractivity (Wildman–Crippen MR) is 59.0 cm³/mol. The third kappa shape index (κ3) is 3.00. The van der Waals surface area contributed by atoms with Gasteiger partial charge in [-0.15, -0.1) is 0 Å². The first-order valence-electron chi connectivity index (χ1n) is 5.13. The summed E-state index contributed by atoms with van der Waals surface area (Å²) in [5.74, 6) is 1.14. The van der Waals surface area contributed by atoms with Gasteiger partial charge in [-0.1, -0.05) is 11.6 Å². The van der Waals surface area contributed by atoms with Crippen molar-refractivity contribution in [3.05, 3.63) is 29.9 Å². The van der Waals surface area contributed by atoms with E-state index in [2.05, 4.69) is 29.5 Å². The Morgan fingerprint density at radius 1 is 1.64 bits per heavy atom. The van der Waals surface area contributed by atoms with E-state index in [4.69, 9.17) is 5.73 Å². The van der Waals surface area contributed by atoms with Crippen LogP contribution >= 0.6 is 0 Å². The van der Waals surface area contributed by atoms with Crippen LogP contribution in [-0.2, 0) is 13.0 Å². The van der Waals surface area contributed by atoms with E-state index >= 15 is 0 Å². The van der Waals surface area contributed by atoms with Gasteiger partial charge in [0.2, 0.25) is 0 Å². The molecule has 0 fully saturated rings. The van der Waals surface area contributed by atoms with Gasteiger partial charge in [0.05, 0.1) is 0 Å². The largest absolute Gasteiger partial charge is 0.335 e. The van der Waals surface area contributed by atoms with E-state index in [1.54, 1.807) is 0 Å². The number of rotatable bonds is 5. The third-order valence-corrected chi connectivity index (χ3v) is 2.24. The Hall–Kier alpha value is -1.09. The molecule has 0 saturated heterocycles. The number of nitrogens with zero attached hydrogens (tertiary/aromatic N) is 2. The summed E-state index contributed by atoms with van der Waals surface area (Å²) in [5, 5.41) is 0. The molecule has 1 rings (SSSR count). The smallest absolute Gasteiger partial charge is 0.112 e. The molecular formula is C11H19N3. The van der Waals surface area contributed by atoms with Gasteiger partial charge in [0.15, 0.2) is 0 Å². The summed E-state index contributed by atoms with van der Waals surface area (Å²) >= 11 is 0. The summed E-state index contributed by atoms with van der Waals surface area (Å²) in [6.07, 6.45) is 7.95. The van der Waals surface area contributed by atoms with Crippen molar-refractivity contribution in [2.75, 3.05) is 6.54 Å². The predicted octanol–water partition coefficient (Wildman–Crippen LogP) is 1.74. The van der Waals surface area contributed by atoms with E-state index in [1.165, 1.54) is 5.57 Å². The van der Waals surface area contributed by atoms with Crippen molar-refractivity contribution >= 4 is 0 Å².